The van der Waals surface area contributed by atoms with Crippen molar-refractivity contribution < 1.29 is 4.74 Å². The molecule has 0 aromatic rings. The summed E-state index contributed by atoms with van der Waals surface area (Å²) in [6, 6.07) is 0.616. The van der Waals surface area contributed by atoms with Crippen LogP contribution in [0.25, 0.3) is 0 Å². The molecule has 0 bridgehead atoms. The summed E-state index contributed by atoms with van der Waals surface area (Å²) in [7, 11) is 0. The number of hydrogen-bond acceptors (Lipinski definition) is 3. The fraction of sp³-hybridized carbons (Fsp3) is 1.00. The summed E-state index contributed by atoms with van der Waals surface area (Å²) in [4.78, 5) is 2.61. The summed E-state index contributed by atoms with van der Waals surface area (Å²) in [5.74, 6) is 1.65. The van der Waals surface area contributed by atoms with Gasteiger partial charge < -0.3 is 15.0 Å². The highest BCUT2D eigenvalue weighted by Crippen LogP contribution is 2.28. The van der Waals surface area contributed by atoms with E-state index >= 15 is 0 Å². The van der Waals surface area contributed by atoms with E-state index in [1.807, 2.05) is 0 Å². The third-order valence-electron chi connectivity index (χ3n) is 5.15. The van der Waals surface area contributed by atoms with Crippen LogP contribution in [0.15, 0.2) is 0 Å². The highest BCUT2D eigenvalue weighted by molar-refractivity contribution is 4.79. The lowest BCUT2D eigenvalue weighted by Crippen LogP contribution is -2.40. The van der Waals surface area contributed by atoms with Crippen molar-refractivity contribution >= 4 is 0 Å². The topological polar surface area (TPSA) is 24.5 Å². The van der Waals surface area contributed by atoms with Gasteiger partial charge in [0.05, 0.1) is 12.2 Å². The standard InChI is InChI=1S/C19H38N2O/c1-15(2)14-21-11-9-19(10-12-21)22-18-7-5-17(6-8-18)13-20-16(3)4/h15-20H,5-14H2,1-4H3/t17-,18-. The summed E-state index contributed by atoms with van der Waals surface area (Å²) in [6.45, 7) is 14.0. The lowest BCUT2D eigenvalue weighted by atomic mass is 9.87. The molecule has 1 saturated heterocycles. The van der Waals surface area contributed by atoms with E-state index in [0.29, 0.717) is 18.2 Å². The van der Waals surface area contributed by atoms with Gasteiger partial charge in [0, 0.05) is 25.7 Å². The summed E-state index contributed by atoms with van der Waals surface area (Å²) in [6.07, 6.45) is 8.78. The van der Waals surface area contributed by atoms with Crippen molar-refractivity contribution in [1.29, 1.82) is 0 Å². The smallest absolute Gasteiger partial charge is 0.0603 e. The van der Waals surface area contributed by atoms with Gasteiger partial charge in [-0.05, 0) is 56.9 Å². The van der Waals surface area contributed by atoms with Crippen LogP contribution in [0.5, 0.6) is 0 Å². The van der Waals surface area contributed by atoms with E-state index in [0.717, 1.165) is 11.8 Å². The van der Waals surface area contributed by atoms with Crippen molar-refractivity contribution in [3.8, 4) is 0 Å². The normalized spacial score (nSPS) is 28.6. The summed E-state index contributed by atoms with van der Waals surface area (Å²) in [5.41, 5.74) is 0. The first-order valence-corrected chi connectivity index (χ1v) is 9.64. The van der Waals surface area contributed by atoms with Gasteiger partial charge in [0.1, 0.15) is 0 Å². The fourth-order valence-corrected chi connectivity index (χ4v) is 3.89. The van der Waals surface area contributed by atoms with E-state index in [2.05, 4.69) is 37.9 Å². The summed E-state index contributed by atoms with van der Waals surface area (Å²) >= 11 is 0. The fourth-order valence-electron chi connectivity index (χ4n) is 3.89. The average Bonchev–Trinajstić information content (AvgIpc) is 2.48. The maximum absolute atomic E-state index is 6.41. The van der Waals surface area contributed by atoms with Gasteiger partial charge in [-0.25, -0.2) is 0 Å². The number of nitrogens with zero attached hydrogens (tertiary/aromatic N) is 1. The number of rotatable bonds is 7. The molecule has 0 radical (unpaired) electrons. The Morgan fingerprint density at radius 3 is 2.05 bits per heavy atom. The molecule has 1 N–H and O–H groups in total. The second kappa shape index (κ2) is 9.24. The predicted octanol–water partition coefficient (Wildman–Crippen LogP) is 3.68. The molecule has 1 saturated carbocycles. The minimum Gasteiger partial charge on any atom is -0.375 e. The predicted molar refractivity (Wildman–Crippen MR) is 94.3 cm³/mol. The van der Waals surface area contributed by atoms with Crippen LogP contribution >= 0.6 is 0 Å². The molecule has 130 valence electrons. The van der Waals surface area contributed by atoms with Gasteiger partial charge in [0.2, 0.25) is 0 Å². The van der Waals surface area contributed by atoms with E-state index in [9.17, 15) is 0 Å². The molecule has 0 amide bonds. The molecule has 3 heteroatoms. The molecule has 2 fully saturated rings. The highest BCUT2D eigenvalue weighted by atomic mass is 16.5. The Morgan fingerprint density at radius 1 is 0.909 bits per heavy atom. The zero-order valence-corrected chi connectivity index (χ0v) is 15.3. The van der Waals surface area contributed by atoms with E-state index in [-0.39, 0.29) is 0 Å². The van der Waals surface area contributed by atoms with Crippen LogP contribution in [-0.4, -0.2) is 49.3 Å². The lowest BCUT2D eigenvalue weighted by Gasteiger charge is -2.36. The maximum Gasteiger partial charge on any atom is 0.0603 e. The zero-order valence-electron chi connectivity index (χ0n) is 15.3. The molecule has 1 heterocycles. The SMILES string of the molecule is CC(C)CN1CCC(O[C@H]2CC[C@H](CNC(C)C)CC2)CC1. The molecule has 3 nitrogen and oxygen atoms in total. The Morgan fingerprint density at radius 2 is 1.50 bits per heavy atom. The number of ether oxygens (including phenoxy) is 1. The Bertz CT molecular complexity index is 290. The van der Waals surface area contributed by atoms with Crippen LogP contribution < -0.4 is 5.32 Å². The molecule has 2 rings (SSSR count). The average molecular weight is 311 g/mol. The molecule has 2 aliphatic rings. The van der Waals surface area contributed by atoms with E-state index < -0.39 is 0 Å². The van der Waals surface area contributed by atoms with Gasteiger partial charge in [0.15, 0.2) is 0 Å². The number of hydrogen-bond donors (Lipinski definition) is 1. The molecule has 0 aromatic carbocycles. The molecule has 0 unspecified atom stereocenters. The van der Waals surface area contributed by atoms with Crippen LogP contribution in [0.2, 0.25) is 0 Å². The Kier molecular flexibility index (Phi) is 7.66. The van der Waals surface area contributed by atoms with Crippen molar-refractivity contribution in [2.24, 2.45) is 11.8 Å². The van der Waals surface area contributed by atoms with E-state index in [1.165, 1.54) is 64.7 Å². The van der Waals surface area contributed by atoms with Gasteiger partial charge in [-0.15, -0.1) is 0 Å². The van der Waals surface area contributed by atoms with E-state index in [1.54, 1.807) is 0 Å². The van der Waals surface area contributed by atoms with Crippen molar-refractivity contribution in [2.45, 2.75) is 84.5 Å². The number of likely N-dealkylation sites (tertiary alicyclic amines) is 1. The molecule has 1 aliphatic carbocycles. The van der Waals surface area contributed by atoms with Crippen molar-refractivity contribution in [3.63, 3.8) is 0 Å². The third-order valence-corrected chi connectivity index (χ3v) is 5.15. The summed E-state index contributed by atoms with van der Waals surface area (Å²) in [5, 5.41) is 3.59. The van der Waals surface area contributed by atoms with Gasteiger partial charge in [-0.3, -0.25) is 0 Å². The van der Waals surface area contributed by atoms with Crippen LogP contribution in [0.3, 0.4) is 0 Å². The second-order valence-electron chi connectivity index (χ2n) is 8.24. The van der Waals surface area contributed by atoms with Gasteiger partial charge >= 0.3 is 0 Å². The Hall–Kier alpha value is -0.120. The molecule has 0 spiro atoms. The van der Waals surface area contributed by atoms with Crippen LogP contribution in [0.4, 0.5) is 0 Å². The first-order valence-electron chi connectivity index (χ1n) is 9.64. The van der Waals surface area contributed by atoms with Crippen molar-refractivity contribution in [3.05, 3.63) is 0 Å². The summed E-state index contributed by atoms with van der Waals surface area (Å²) < 4.78 is 6.41. The maximum atomic E-state index is 6.41. The molecular formula is C19H38N2O. The van der Waals surface area contributed by atoms with Gasteiger partial charge in [-0.1, -0.05) is 27.7 Å². The zero-order chi connectivity index (χ0) is 15.9. The number of nitrogens with one attached hydrogen (secondary N) is 1. The molecule has 1 aliphatic heterocycles. The van der Waals surface area contributed by atoms with Crippen LogP contribution in [0.1, 0.15) is 66.2 Å². The molecular weight excluding hydrogens is 272 g/mol. The third kappa shape index (κ3) is 6.55. The first kappa shape index (κ1) is 18.2. The van der Waals surface area contributed by atoms with Gasteiger partial charge in [0.25, 0.3) is 0 Å². The van der Waals surface area contributed by atoms with Crippen molar-refractivity contribution in [2.75, 3.05) is 26.2 Å². The Balaban J connectivity index is 1.59. The lowest BCUT2D eigenvalue weighted by molar-refractivity contribution is -0.0615. The van der Waals surface area contributed by atoms with Crippen LogP contribution in [0, 0.1) is 11.8 Å². The molecule has 0 atom stereocenters. The van der Waals surface area contributed by atoms with E-state index in [4.69, 9.17) is 4.74 Å². The minimum absolute atomic E-state index is 0.527. The van der Waals surface area contributed by atoms with Crippen LogP contribution in [-0.2, 0) is 4.74 Å². The highest BCUT2D eigenvalue weighted by Gasteiger charge is 2.26. The molecule has 22 heavy (non-hydrogen) atoms. The van der Waals surface area contributed by atoms with Gasteiger partial charge in [-0.2, -0.15) is 0 Å². The monoisotopic (exact) mass is 310 g/mol. The number of piperidine rings is 1. The second-order valence-corrected chi connectivity index (χ2v) is 8.24. The Labute approximate surface area is 138 Å². The minimum atomic E-state index is 0.527. The molecule has 0 aromatic heterocycles. The quantitative estimate of drug-likeness (QED) is 0.776. The van der Waals surface area contributed by atoms with Crippen molar-refractivity contribution in [1.82, 2.24) is 10.2 Å². The largest absolute Gasteiger partial charge is 0.375 e. The first-order chi connectivity index (χ1) is 10.5.